The molecule has 224 valence electrons. The molecule has 1 atom stereocenters. The molecule has 3 aromatic carbocycles. The van der Waals surface area contributed by atoms with Crippen LogP contribution in [0.1, 0.15) is 87.8 Å². The fourth-order valence-corrected chi connectivity index (χ4v) is 6.20. The molecule has 0 aliphatic rings. The Balaban J connectivity index is 1.61. The van der Waals surface area contributed by atoms with E-state index in [2.05, 4.69) is 19.1 Å². The van der Waals surface area contributed by atoms with Gasteiger partial charge in [-0.1, -0.05) is 119 Å². The topological polar surface area (TPSA) is 47.9 Å². The quantitative estimate of drug-likeness (QED) is 0.101. The van der Waals surface area contributed by atoms with E-state index in [4.69, 9.17) is 14.2 Å². The van der Waals surface area contributed by atoms with Crippen molar-refractivity contribution in [3.63, 3.8) is 0 Å². The van der Waals surface area contributed by atoms with Gasteiger partial charge in [-0.05, 0) is 53.1 Å². The first-order chi connectivity index (χ1) is 20.1. The van der Waals surface area contributed by atoms with Gasteiger partial charge in [0.05, 0.1) is 26.9 Å². The number of benzene rings is 3. The second kappa shape index (κ2) is 18.9. The zero-order valence-corrected chi connectivity index (χ0v) is 26.2. The summed E-state index contributed by atoms with van der Waals surface area (Å²) in [7, 11) is 3.34. The number of methoxy groups -OCH3 is 2. The molecule has 0 heterocycles. The molecule has 3 rings (SSSR count). The Bertz CT molecular complexity index is 1020. The maximum absolute atomic E-state index is 11.0. The average molecular weight is 579 g/mol. The molecule has 0 saturated carbocycles. The van der Waals surface area contributed by atoms with Crippen molar-refractivity contribution in [2.24, 2.45) is 0 Å². The number of aliphatic hydroxyl groups is 1. The van der Waals surface area contributed by atoms with E-state index in [1.54, 1.807) is 14.2 Å². The van der Waals surface area contributed by atoms with Crippen molar-refractivity contribution in [2.45, 2.75) is 82.8 Å². The zero-order valence-electron chi connectivity index (χ0n) is 25.4. The van der Waals surface area contributed by atoms with Crippen molar-refractivity contribution >= 4 is 11.8 Å². The molecular weight excluding hydrogens is 528 g/mol. The highest BCUT2D eigenvalue weighted by atomic mass is 32.2. The lowest BCUT2D eigenvalue weighted by Crippen LogP contribution is -2.36. The van der Waals surface area contributed by atoms with Gasteiger partial charge in [0.2, 0.25) is 0 Å². The van der Waals surface area contributed by atoms with Gasteiger partial charge >= 0.3 is 0 Å². The summed E-state index contributed by atoms with van der Waals surface area (Å²) in [6.07, 6.45) is 12.8. The van der Waals surface area contributed by atoms with Crippen LogP contribution in [0.4, 0.5) is 0 Å². The van der Waals surface area contributed by atoms with Gasteiger partial charge in [0, 0.05) is 5.75 Å². The molecular formula is C36H50O4S. The molecule has 0 amide bonds. The highest BCUT2D eigenvalue weighted by Gasteiger charge is 2.38. The summed E-state index contributed by atoms with van der Waals surface area (Å²) in [6, 6.07) is 26.2. The highest BCUT2D eigenvalue weighted by molar-refractivity contribution is 7.99. The summed E-state index contributed by atoms with van der Waals surface area (Å²) >= 11 is 1.82. The van der Waals surface area contributed by atoms with E-state index in [9.17, 15) is 5.11 Å². The third-order valence-electron chi connectivity index (χ3n) is 7.62. The minimum Gasteiger partial charge on any atom is -0.497 e. The molecule has 0 bridgehead atoms. The third-order valence-corrected chi connectivity index (χ3v) is 8.82. The van der Waals surface area contributed by atoms with Gasteiger partial charge in [0.15, 0.2) is 0 Å². The van der Waals surface area contributed by atoms with Crippen LogP contribution in [0.3, 0.4) is 0 Å². The van der Waals surface area contributed by atoms with Gasteiger partial charge in [0.1, 0.15) is 17.1 Å². The standard InChI is InChI=1S/C36H50O4S/c1-4-5-6-7-8-9-10-11-12-16-27-41-29-33(37)28-40-36(30-17-14-13-15-18-30,31-19-23-34(38-2)24-20-31)32-21-25-35(39-3)26-22-32/h13-15,17-26,33,37H,4-12,16,27-29H2,1-3H3/t33-/m1/s1. The van der Waals surface area contributed by atoms with Crippen molar-refractivity contribution in [1.29, 1.82) is 0 Å². The number of thioether (sulfide) groups is 1. The molecule has 0 spiro atoms. The smallest absolute Gasteiger partial charge is 0.143 e. The van der Waals surface area contributed by atoms with Crippen LogP contribution in [-0.2, 0) is 10.3 Å². The maximum atomic E-state index is 11.0. The lowest BCUT2D eigenvalue weighted by Gasteiger charge is -2.36. The Morgan fingerprint density at radius 1 is 0.634 bits per heavy atom. The fourth-order valence-electron chi connectivity index (χ4n) is 5.25. The first kappa shape index (κ1) is 33.0. The summed E-state index contributed by atoms with van der Waals surface area (Å²) in [5, 5.41) is 11.0. The highest BCUT2D eigenvalue weighted by Crippen LogP contribution is 2.41. The summed E-state index contributed by atoms with van der Waals surface area (Å²) < 4.78 is 17.7. The monoisotopic (exact) mass is 578 g/mol. The van der Waals surface area contributed by atoms with Crippen molar-refractivity contribution in [3.8, 4) is 11.5 Å². The molecule has 0 fully saturated rings. The first-order valence-electron chi connectivity index (χ1n) is 15.4. The number of hydrogen-bond donors (Lipinski definition) is 1. The van der Waals surface area contributed by atoms with Crippen LogP contribution in [0.2, 0.25) is 0 Å². The summed E-state index contributed by atoms with van der Waals surface area (Å²) in [5.41, 5.74) is 2.04. The minimum atomic E-state index is -0.901. The van der Waals surface area contributed by atoms with Crippen LogP contribution in [0, 0.1) is 0 Å². The first-order valence-corrected chi connectivity index (χ1v) is 16.5. The summed E-state index contributed by atoms with van der Waals surface area (Å²) in [5.74, 6) is 3.31. The van der Waals surface area contributed by atoms with Gasteiger partial charge in [-0.3, -0.25) is 0 Å². The van der Waals surface area contributed by atoms with Crippen molar-refractivity contribution in [1.82, 2.24) is 0 Å². The number of hydrogen-bond acceptors (Lipinski definition) is 5. The molecule has 1 N–H and O–H groups in total. The van der Waals surface area contributed by atoms with E-state index in [0.717, 1.165) is 33.9 Å². The second-order valence-electron chi connectivity index (χ2n) is 10.7. The summed E-state index contributed by atoms with van der Waals surface area (Å²) in [4.78, 5) is 0. The maximum Gasteiger partial charge on any atom is 0.143 e. The number of rotatable bonds is 21. The predicted octanol–water partition coefficient (Wildman–Crippen LogP) is 9.03. The molecule has 3 aromatic rings. The zero-order chi connectivity index (χ0) is 29.2. The summed E-state index contributed by atoms with van der Waals surface area (Å²) in [6.45, 7) is 2.49. The van der Waals surface area contributed by atoms with Crippen LogP contribution in [0.25, 0.3) is 0 Å². The Morgan fingerprint density at radius 3 is 1.59 bits per heavy atom. The van der Waals surface area contributed by atoms with E-state index in [0.29, 0.717) is 5.75 Å². The van der Waals surface area contributed by atoms with E-state index in [1.807, 2.05) is 78.5 Å². The normalized spacial score (nSPS) is 12.3. The Hall–Kier alpha value is -2.47. The third kappa shape index (κ3) is 10.4. The average Bonchev–Trinajstić information content (AvgIpc) is 3.03. The second-order valence-corrected chi connectivity index (χ2v) is 11.9. The molecule has 0 aromatic heterocycles. The Kier molecular flexibility index (Phi) is 15.2. The van der Waals surface area contributed by atoms with Crippen molar-refractivity contribution in [3.05, 3.63) is 95.6 Å². The molecule has 41 heavy (non-hydrogen) atoms. The van der Waals surface area contributed by atoms with Gasteiger partial charge < -0.3 is 19.3 Å². The van der Waals surface area contributed by atoms with Crippen LogP contribution in [-0.4, -0.2) is 43.5 Å². The van der Waals surface area contributed by atoms with Crippen LogP contribution in [0.5, 0.6) is 11.5 Å². The van der Waals surface area contributed by atoms with E-state index < -0.39 is 11.7 Å². The lowest BCUT2D eigenvalue weighted by molar-refractivity contribution is -0.0312. The number of aliphatic hydroxyl groups excluding tert-OH is 1. The number of unbranched alkanes of at least 4 members (excludes halogenated alkanes) is 9. The molecule has 0 saturated heterocycles. The fraction of sp³-hybridized carbons (Fsp3) is 0.500. The molecule has 0 aliphatic carbocycles. The van der Waals surface area contributed by atoms with Gasteiger partial charge in [0.25, 0.3) is 0 Å². The predicted molar refractivity (Wildman–Crippen MR) is 173 cm³/mol. The Morgan fingerprint density at radius 2 is 1.10 bits per heavy atom. The molecule has 4 nitrogen and oxygen atoms in total. The van der Waals surface area contributed by atoms with Gasteiger partial charge in [-0.2, -0.15) is 11.8 Å². The number of ether oxygens (including phenoxy) is 3. The molecule has 0 radical (unpaired) electrons. The van der Waals surface area contributed by atoms with Crippen LogP contribution in [0.15, 0.2) is 78.9 Å². The SMILES string of the molecule is CCCCCCCCCCCCSC[C@H](O)COC(c1ccccc1)(c1ccc(OC)cc1)c1ccc(OC)cc1. The van der Waals surface area contributed by atoms with E-state index >= 15 is 0 Å². The van der Waals surface area contributed by atoms with Crippen LogP contribution >= 0.6 is 11.8 Å². The van der Waals surface area contributed by atoms with Gasteiger partial charge in [-0.25, -0.2) is 0 Å². The van der Waals surface area contributed by atoms with E-state index in [-0.39, 0.29) is 6.61 Å². The van der Waals surface area contributed by atoms with E-state index in [1.165, 1.54) is 64.2 Å². The minimum absolute atomic E-state index is 0.220. The largest absolute Gasteiger partial charge is 0.497 e. The van der Waals surface area contributed by atoms with Crippen molar-refractivity contribution in [2.75, 3.05) is 32.3 Å². The molecule has 0 aliphatic heterocycles. The molecule has 0 unspecified atom stereocenters. The van der Waals surface area contributed by atoms with Crippen molar-refractivity contribution < 1.29 is 19.3 Å². The van der Waals surface area contributed by atoms with Gasteiger partial charge in [-0.15, -0.1) is 0 Å². The molecule has 5 heteroatoms. The van der Waals surface area contributed by atoms with Crippen LogP contribution < -0.4 is 9.47 Å². The lowest BCUT2D eigenvalue weighted by atomic mass is 9.80. The Labute approximate surface area is 252 Å².